The van der Waals surface area contributed by atoms with Crippen LogP contribution in [0.5, 0.6) is 0 Å². The van der Waals surface area contributed by atoms with Gasteiger partial charge in [0.1, 0.15) is 5.01 Å². The number of aromatic nitrogens is 1. The van der Waals surface area contributed by atoms with Gasteiger partial charge in [-0.1, -0.05) is 0 Å². The predicted molar refractivity (Wildman–Crippen MR) is 58.7 cm³/mol. The second-order valence-corrected chi connectivity index (χ2v) is 4.67. The average molecular weight is 228 g/mol. The van der Waals surface area contributed by atoms with Gasteiger partial charge in [-0.2, -0.15) is 0 Å². The van der Waals surface area contributed by atoms with Crippen LogP contribution >= 0.6 is 11.3 Å². The van der Waals surface area contributed by atoms with Crippen LogP contribution in [0.4, 0.5) is 0 Å². The fourth-order valence-corrected chi connectivity index (χ4v) is 2.42. The van der Waals surface area contributed by atoms with E-state index in [2.05, 4.69) is 4.98 Å². The fraction of sp³-hybridized carbons (Fsp3) is 0.700. The first-order valence-corrected chi connectivity index (χ1v) is 6.02. The minimum Gasteiger partial charge on any atom is -0.379 e. The Kier molecular flexibility index (Phi) is 3.35. The van der Waals surface area contributed by atoms with Gasteiger partial charge in [0.15, 0.2) is 0 Å². The van der Waals surface area contributed by atoms with Crippen molar-refractivity contribution in [1.82, 2.24) is 4.98 Å². The highest BCUT2D eigenvalue weighted by atomic mass is 32.1. The normalized spacial score (nSPS) is 26.0. The SMILES string of the molecule is CCOCc1nc(C2(N)CCOC2)cs1. The molecule has 0 aromatic carbocycles. The van der Waals surface area contributed by atoms with Crippen LogP contribution in [0.3, 0.4) is 0 Å². The lowest BCUT2D eigenvalue weighted by atomic mass is 9.97. The molecular weight excluding hydrogens is 212 g/mol. The van der Waals surface area contributed by atoms with E-state index in [1.54, 1.807) is 11.3 Å². The van der Waals surface area contributed by atoms with Crippen molar-refractivity contribution < 1.29 is 9.47 Å². The summed E-state index contributed by atoms with van der Waals surface area (Å²) >= 11 is 1.60. The molecule has 84 valence electrons. The van der Waals surface area contributed by atoms with Gasteiger partial charge in [0.2, 0.25) is 0 Å². The highest BCUT2D eigenvalue weighted by molar-refractivity contribution is 7.09. The Hall–Kier alpha value is -0.490. The van der Waals surface area contributed by atoms with Crippen LogP contribution in [-0.4, -0.2) is 24.8 Å². The molecule has 1 aromatic rings. The van der Waals surface area contributed by atoms with Gasteiger partial charge in [0, 0.05) is 18.6 Å². The van der Waals surface area contributed by atoms with Crippen molar-refractivity contribution in [3.8, 4) is 0 Å². The summed E-state index contributed by atoms with van der Waals surface area (Å²) in [4.78, 5) is 4.49. The summed E-state index contributed by atoms with van der Waals surface area (Å²) in [6, 6.07) is 0. The number of hydrogen-bond donors (Lipinski definition) is 1. The summed E-state index contributed by atoms with van der Waals surface area (Å²) in [5.41, 5.74) is 6.77. The van der Waals surface area contributed by atoms with E-state index in [0.717, 1.165) is 23.7 Å². The number of nitrogens with zero attached hydrogens (tertiary/aromatic N) is 1. The first-order valence-electron chi connectivity index (χ1n) is 5.14. The number of nitrogens with two attached hydrogens (primary N) is 1. The molecule has 1 saturated heterocycles. The molecular formula is C10H16N2O2S. The van der Waals surface area contributed by atoms with Crippen molar-refractivity contribution >= 4 is 11.3 Å². The van der Waals surface area contributed by atoms with Gasteiger partial charge in [0.05, 0.1) is 24.4 Å². The largest absolute Gasteiger partial charge is 0.379 e. The molecule has 0 spiro atoms. The van der Waals surface area contributed by atoms with Crippen LogP contribution in [0, 0.1) is 0 Å². The van der Waals surface area contributed by atoms with Crippen LogP contribution < -0.4 is 5.73 Å². The molecule has 4 nitrogen and oxygen atoms in total. The molecule has 1 fully saturated rings. The van der Waals surface area contributed by atoms with Crippen LogP contribution in [0.1, 0.15) is 24.0 Å². The molecule has 0 bridgehead atoms. The van der Waals surface area contributed by atoms with E-state index < -0.39 is 0 Å². The van der Waals surface area contributed by atoms with E-state index in [-0.39, 0.29) is 5.54 Å². The first-order chi connectivity index (χ1) is 7.24. The lowest BCUT2D eigenvalue weighted by molar-refractivity contribution is 0.133. The Bertz CT molecular complexity index is 321. The lowest BCUT2D eigenvalue weighted by Gasteiger charge is -2.18. The van der Waals surface area contributed by atoms with Crippen LogP contribution in [0.15, 0.2) is 5.38 Å². The van der Waals surface area contributed by atoms with Crippen molar-refractivity contribution in [3.63, 3.8) is 0 Å². The maximum Gasteiger partial charge on any atom is 0.119 e. The average Bonchev–Trinajstić information content (AvgIpc) is 2.84. The lowest BCUT2D eigenvalue weighted by Crippen LogP contribution is -2.37. The second-order valence-electron chi connectivity index (χ2n) is 3.72. The van der Waals surface area contributed by atoms with Crippen LogP contribution in [0.2, 0.25) is 0 Å². The topological polar surface area (TPSA) is 57.4 Å². The summed E-state index contributed by atoms with van der Waals surface area (Å²) in [6.45, 7) is 4.58. The summed E-state index contributed by atoms with van der Waals surface area (Å²) in [6.07, 6.45) is 0.852. The Morgan fingerprint density at radius 2 is 2.60 bits per heavy atom. The molecule has 0 saturated carbocycles. The summed E-state index contributed by atoms with van der Waals surface area (Å²) < 4.78 is 10.6. The third-order valence-electron chi connectivity index (χ3n) is 2.54. The molecule has 0 aliphatic carbocycles. The van der Waals surface area contributed by atoms with Crippen molar-refractivity contribution in [1.29, 1.82) is 0 Å². The molecule has 5 heteroatoms. The summed E-state index contributed by atoms with van der Waals surface area (Å²) in [7, 11) is 0. The zero-order chi connectivity index (χ0) is 10.7. The monoisotopic (exact) mass is 228 g/mol. The molecule has 0 radical (unpaired) electrons. The van der Waals surface area contributed by atoms with E-state index >= 15 is 0 Å². The van der Waals surface area contributed by atoms with Gasteiger partial charge in [-0.05, 0) is 13.3 Å². The number of ether oxygens (including phenoxy) is 2. The van der Waals surface area contributed by atoms with Crippen molar-refractivity contribution in [2.45, 2.75) is 25.5 Å². The molecule has 1 aliphatic rings. The van der Waals surface area contributed by atoms with Crippen molar-refractivity contribution in [2.75, 3.05) is 19.8 Å². The molecule has 1 aromatic heterocycles. The quantitative estimate of drug-likeness (QED) is 0.842. The van der Waals surface area contributed by atoms with Crippen molar-refractivity contribution in [2.24, 2.45) is 5.73 Å². The maximum atomic E-state index is 6.20. The van der Waals surface area contributed by atoms with Crippen LogP contribution in [-0.2, 0) is 21.6 Å². The van der Waals surface area contributed by atoms with Gasteiger partial charge in [-0.3, -0.25) is 0 Å². The highest BCUT2D eigenvalue weighted by Gasteiger charge is 2.34. The Morgan fingerprint density at radius 1 is 1.73 bits per heavy atom. The predicted octanol–water partition coefficient (Wildman–Crippen LogP) is 1.25. The third-order valence-corrected chi connectivity index (χ3v) is 3.37. The molecule has 1 unspecified atom stereocenters. The van der Waals surface area contributed by atoms with Gasteiger partial charge >= 0.3 is 0 Å². The van der Waals surface area contributed by atoms with E-state index in [4.69, 9.17) is 15.2 Å². The minimum absolute atomic E-state index is 0.374. The summed E-state index contributed by atoms with van der Waals surface area (Å²) in [5.74, 6) is 0. The van der Waals surface area contributed by atoms with Crippen LogP contribution in [0.25, 0.3) is 0 Å². The van der Waals surface area contributed by atoms with E-state index in [1.165, 1.54) is 0 Å². The van der Waals surface area contributed by atoms with Crippen molar-refractivity contribution in [3.05, 3.63) is 16.1 Å². The van der Waals surface area contributed by atoms with Gasteiger partial charge < -0.3 is 15.2 Å². The second kappa shape index (κ2) is 4.57. The number of hydrogen-bond acceptors (Lipinski definition) is 5. The molecule has 1 aliphatic heterocycles. The Balaban J connectivity index is 2.05. The maximum absolute atomic E-state index is 6.20. The molecule has 15 heavy (non-hydrogen) atoms. The molecule has 2 N–H and O–H groups in total. The standard InChI is InChI=1S/C10H16N2O2S/c1-2-13-5-9-12-8(6-15-9)10(11)3-4-14-7-10/h6H,2-5,7,11H2,1H3. The van der Waals surface area contributed by atoms with Gasteiger partial charge in [0.25, 0.3) is 0 Å². The molecule has 0 amide bonds. The van der Waals surface area contributed by atoms with Gasteiger partial charge in [-0.15, -0.1) is 11.3 Å². The molecule has 1 atom stereocenters. The van der Waals surface area contributed by atoms with Gasteiger partial charge in [-0.25, -0.2) is 4.98 Å². The fourth-order valence-electron chi connectivity index (χ4n) is 1.58. The molecule has 2 heterocycles. The zero-order valence-corrected chi connectivity index (χ0v) is 9.68. The zero-order valence-electron chi connectivity index (χ0n) is 8.86. The third kappa shape index (κ3) is 2.36. The minimum atomic E-state index is -0.374. The number of rotatable bonds is 4. The summed E-state index contributed by atoms with van der Waals surface area (Å²) in [5, 5.41) is 3.01. The first kappa shape index (κ1) is 11.0. The number of thiazole rings is 1. The van der Waals surface area contributed by atoms with E-state index in [0.29, 0.717) is 19.8 Å². The smallest absolute Gasteiger partial charge is 0.119 e. The Labute approximate surface area is 93.4 Å². The van der Waals surface area contributed by atoms with E-state index in [9.17, 15) is 0 Å². The highest BCUT2D eigenvalue weighted by Crippen LogP contribution is 2.28. The van der Waals surface area contributed by atoms with E-state index in [1.807, 2.05) is 12.3 Å². The Morgan fingerprint density at radius 3 is 3.27 bits per heavy atom. The molecule has 2 rings (SSSR count).